The average Bonchev–Trinajstić information content (AvgIpc) is 2.53. The highest BCUT2D eigenvalue weighted by Gasteiger charge is 2.22. The quantitative estimate of drug-likeness (QED) is 0.701. The summed E-state index contributed by atoms with van der Waals surface area (Å²) in [6.07, 6.45) is 9.25. The van der Waals surface area contributed by atoms with Crippen molar-refractivity contribution in [3.63, 3.8) is 0 Å². The van der Waals surface area contributed by atoms with Gasteiger partial charge in [0.05, 0.1) is 6.04 Å². The molecule has 1 N–H and O–H groups in total. The van der Waals surface area contributed by atoms with Gasteiger partial charge >= 0.3 is 6.09 Å². The lowest BCUT2D eigenvalue weighted by atomic mass is 9.99. The SMILES string of the molecule is O=C1NC(CC2=CC=CCC2)CO1. The molecule has 1 saturated heterocycles. The van der Waals surface area contributed by atoms with Crippen LogP contribution in [0.2, 0.25) is 0 Å². The molecule has 2 rings (SSSR count). The minimum Gasteiger partial charge on any atom is -0.447 e. The van der Waals surface area contributed by atoms with Crippen molar-refractivity contribution in [2.75, 3.05) is 6.61 Å². The predicted octanol–water partition coefficient (Wildman–Crippen LogP) is 1.76. The molecule has 3 nitrogen and oxygen atoms in total. The zero-order valence-electron chi connectivity index (χ0n) is 7.45. The van der Waals surface area contributed by atoms with E-state index in [9.17, 15) is 4.79 Å². The van der Waals surface area contributed by atoms with E-state index in [1.54, 1.807) is 0 Å². The second kappa shape index (κ2) is 3.64. The Kier molecular flexibility index (Phi) is 2.34. The molecular formula is C10H13NO2. The van der Waals surface area contributed by atoms with Gasteiger partial charge in [-0.15, -0.1) is 0 Å². The third-order valence-corrected chi connectivity index (χ3v) is 2.35. The van der Waals surface area contributed by atoms with Crippen LogP contribution in [0.3, 0.4) is 0 Å². The molecule has 0 aromatic rings. The summed E-state index contributed by atoms with van der Waals surface area (Å²) in [7, 11) is 0. The van der Waals surface area contributed by atoms with E-state index in [2.05, 4.69) is 23.5 Å². The highest BCUT2D eigenvalue weighted by molar-refractivity contribution is 5.69. The van der Waals surface area contributed by atoms with E-state index in [0.717, 1.165) is 19.3 Å². The second-order valence-corrected chi connectivity index (χ2v) is 3.44. The number of rotatable bonds is 2. The van der Waals surface area contributed by atoms with E-state index in [0.29, 0.717) is 6.61 Å². The van der Waals surface area contributed by atoms with Crippen LogP contribution < -0.4 is 5.32 Å². The Morgan fingerprint density at radius 1 is 1.62 bits per heavy atom. The first-order valence-electron chi connectivity index (χ1n) is 4.62. The van der Waals surface area contributed by atoms with Crippen molar-refractivity contribution in [1.29, 1.82) is 0 Å². The minimum atomic E-state index is -0.281. The van der Waals surface area contributed by atoms with Crippen LogP contribution >= 0.6 is 0 Å². The molecule has 2 aliphatic rings. The van der Waals surface area contributed by atoms with Crippen molar-refractivity contribution < 1.29 is 9.53 Å². The number of allylic oxidation sites excluding steroid dienone is 3. The number of ether oxygens (including phenoxy) is 1. The zero-order chi connectivity index (χ0) is 9.10. The highest BCUT2D eigenvalue weighted by Crippen LogP contribution is 2.18. The fourth-order valence-corrected chi connectivity index (χ4v) is 1.68. The summed E-state index contributed by atoms with van der Waals surface area (Å²) < 4.78 is 4.81. The lowest BCUT2D eigenvalue weighted by Crippen LogP contribution is -2.26. The third kappa shape index (κ3) is 2.11. The van der Waals surface area contributed by atoms with Crippen molar-refractivity contribution in [2.45, 2.75) is 25.3 Å². The van der Waals surface area contributed by atoms with Gasteiger partial charge in [0.15, 0.2) is 0 Å². The Morgan fingerprint density at radius 2 is 2.54 bits per heavy atom. The molecule has 1 amide bonds. The van der Waals surface area contributed by atoms with Gasteiger partial charge < -0.3 is 10.1 Å². The Bertz CT molecular complexity index is 268. The normalized spacial score (nSPS) is 26.6. The molecule has 0 aromatic carbocycles. The van der Waals surface area contributed by atoms with E-state index in [1.165, 1.54) is 5.57 Å². The highest BCUT2D eigenvalue weighted by atomic mass is 16.6. The molecule has 1 atom stereocenters. The van der Waals surface area contributed by atoms with Gasteiger partial charge in [0, 0.05) is 0 Å². The molecule has 13 heavy (non-hydrogen) atoms. The van der Waals surface area contributed by atoms with Crippen LogP contribution in [0.25, 0.3) is 0 Å². The third-order valence-electron chi connectivity index (χ3n) is 2.35. The Hall–Kier alpha value is -1.25. The molecular weight excluding hydrogens is 166 g/mol. The molecule has 0 spiro atoms. The van der Waals surface area contributed by atoms with Gasteiger partial charge in [-0.3, -0.25) is 0 Å². The molecule has 3 heteroatoms. The summed E-state index contributed by atoms with van der Waals surface area (Å²) in [5, 5.41) is 2.78. The van der Waals surface area contributed by atoms with E-state index >= 15 is 0 Å². The summed E-state index contributed by atoms with van der Waals surface area (Å²) in [6.45, 7) is 0.514. The number of cyclic esters (lactones) is 1. The van der Waals surface area contributed by atoms with Crippen LogP contribution in [0.4, 0.5) is 4.79 Å². The Morgan fingerprint density at radius 3 is 3.15 bits per heavy atom. The molecule has 0 aromatic heterocycles. The molecule has 1 heterocycles. The monoisotopic (exact) mass is 179 g/mol. The molecule has 1 aliphatic heterocycles. The Balaban J connectivity index is 1.87. The number of hydrogen-bond donors (Lipinski definition) is 1. The van der Waals surface area contributed by atoms with Crippen LogP contribution in [0, 0.1) is 0 Å². The van der Waals surface area contributed by atoms with Gasteiger partial charge in [-0.1, -0.05) is 23.8 Å². The summed E-state index contributed by atoms with van der Waals surface area (Å²) in [6, 6.07) is 0.185. The maximum absolute atomic E-state index is 10.7. The van der Waals surface area contributed by atoms with Crippen LogP contribution in [-0.4, -0.2) is 18.7 Å². The number of alkyl carbamates (subject to hydrolysis) is 1. The van der Waals surface area contributed by atoms with Gasteiger partial charge in [0.2, 0.25) is 0 Å². The zero-order valence-corrected chi connectivity index (χ0v) is 7.45. The minimum absolute atomic E-state index is 0.185. The summed E-state index contributed by atoms with van der Waals surface area (Å²) in [4.78, 5) is 10.7. The van der Waals surface area contributed by atoms with Crippen molar-refractivity contribution in [3.8, 4) is 0 Å². The first-order chi connectivity index (χ1) is 6.34. The van der Waals surface area contributed by atoms with E-state index in [-0.39, 0.29) is 12.1 Å². The predicted molar refractivity (Wildman–Crippen MR) is 49.3 cm³/mol. The van der Waals surface area contributed by atoms with Crippen molar-refractivity contribution in [3.05, 3.63) is 23.8 Å². The largest absolute Gasteiger partial charge is 0.447 e. The Labute approximate surface area is 77.5 Å². The maximum Gasteiger partial charge on any atom is 0.407 e. The number of amides is 1. The van der Waals surface area contributed by atoms with Gasteiger partial charge in [0.1, 0.15) is 6.61 Å². The molecule has 1 unspecified atom stereocenters. The second-order valence-electron chi connectivity index (χ2n) is 3.44. The van der Waals surface area contributed by atoms with Crippen LogP contribution in [0.1, 0.15) is 19.3 Å². The topological polar surface area (TPSA) is 38.3 Å². The fourth-order valence-electron chi connectivity index (χ4n) is 1.68. The summed E-state index contributed by atoms with van der Waals surface area (Å²) in [5.74, 6) is 0. The van der Waals surface area contributed by atoms with Crippen molar-refractivity contribution >= 4 is 6.09 Å². The van der Waals surface area contributed by atoms with Crippen LogP contribution in [-0.2, 0) is 4.74 Å². The first-order valence-corrected chi connectivity index (χ1v) is 4.62. The lowest BCUT2D eigenvalue weighted by molar-refractivity contribution is 0.176. The summed E-state index contributed by atoms with van der Waals surface area (Å²) in [5.41, 5.74) is 1.40. The van der Waals surface area contributed by atoms with Gasteiger partial charge in [-0.05, 0) is 19.3 Å². The van der Waals surface area contributed by atoms with Crippen LogP contribution in [0.5, 0.6) is 0 Å². The molecule has 0 saturated carbocycles. The smallest absolute Gasteiger partial charge is 0.407 e. The molecule has 0 radical (unpaired) electrons. The number of hydrogen-bond acceptors (Lipinski definition) is 2. The van der Waals surface area contributed by atoms with Gasteiger partial charge in [-0.2, -0.15) is 0 Å². The van der Waals surface area contributed by atoms with E-state index in [4.69, 9.17) is 4.74 Å². The molecule has 1 aliphatic carbocycles. The summed E-state index contributed by atoms with van der Waals surface area (Å²) >= 11 is 0. The van der Waals surface area contributed by atoms with E-state index < -0.39 is 0 Å². The van der Waals surface area contributed by atoms with Crippen LogP contribution in [0.15, 0.2) is 23.8 Å². The average molecular weight is 179 g/mol. The fraction of sp³-hybridized carbons (Fsp3) is 0.500. The lowest BCUT2D eigenvalue weighted by Gasteiger charge is -2.12. The number of nitrogens with one attached hydrogen (secondary N) is 1. The van der Waals surface area contributed by atoms with Crippen molar-refractivity contribution in [1.82, 2.24) is 5.32 Å². The van der Waals surface area contributed by atoms with E-state index in [1.807, 2.05) is 0 Å². The standard InChI is InChI=1S/C10H13NO2/c12-10-11-9(7-13-10)6-8-4-2-1-3-5-8/h1-2,4,9H,3,5-7H2,(H,11,12). The molecule has 70 valence electrons. The maximum atomic E-state index is 10.7. The first kappa shape index (κ1) is 8.35. The van der Waals surface area contributed by atoms with Gasteiger partial charge in [-0.25, -0.2) is 4.79 Å². The van der Waals surface area contributed by atoms with Crippen molar-refractivity contribution in [2.24, 2.45) is 0 Å². The molecule has 1 fully saturated rings. The van der Waals surface area contributed by atoms with Gasteiger partial charge in [0.25, 0.3) is 0 Å². The molecule has 0 bridgehead atoms. The number of carbonyl (C=O) groups excluding carboxylic acids is 1. The number of carbonyl (C=O) groups is 1.